The third kappa shape index (κ3) is 5.23. The summed E-state index contributed by atoms with van der Waals surface area (Å²) in [5.74, 6) is -0.245. The maximum atomic E-state index is 12.7. The lowest BCUT2D eigenvalue weighted by Crippen LogP contribution is -2.37. The van der Waals surface area contributed by atoms with E-state index in [1.165, 1.54) is 4.90 Å². The summed E-state index contributed by atoms with van der Waals surface area (Å²) in [6.45, 7) is 2.42. The number of hydrogen-bond donors (Lipinski definition) is 1. The largest absolute Gasteiger partial charge is 0.497 e. The van der Waals surface area contributed by atoms with Crippen molar-refractivity contribution in [3.05, 3.63) is 59.7 Å². The van der Waals surface area contributed by atoms with Crippen molar-refractivity contribution < 1.29 is 23.9 Å². The minimum Gasteiger partial charge on any atom is -0.497 e. The number of nitrogens with one attached hydrogen (secondary N) is 1. The highest BCUT2D eigenvalue weighted by Crippen LogP contribution is 2.24. The molecule has 2 amide bonds. The molecule has 9 heteroatoms. The topological polar surface area (TPSA) is 88.2 Å². The van der Waals surface area contributed by atoms with Crippen molar-refractivity contribution in [2.75, 3.05) is 26.1 Å². The lowest BCUT2D eigenvalue weighted by molar-refractivity contribution is -0.130. The van der Waals surface area contributed by atoms with Crippen LogP contribution in [0.15, 0.2) is 48.5 Å². The summed E-state index contributed by atoms with van der Waals surface area (Å²) in [7, 11) is 3.20. The summed E-state index contributed by atoms with van der Waals surface area (Å²) >= 11 is 5.44. The molecule has 32 heavy (non-hydrogen) atoms. The minimum atomic E-state index is -0.701. The second kappa shape index (κ2) is 10.2. The van der Waals surface area contributed by atoms with Crippen LogP contribution in [0.1, 0.15) is 29.3 Å². The van der Waals surface area contributed by atoms with E-state index in [-0.39, 0.29) is 24.8 Å². The van der Waals surface area contributed by atoms with Crippen LogP contribution in [0.25, 0.3) is 0 Å². The van der Waals surface area contributed by atoms with E-state index in [0.717, 1.165) is 11.3 Å². The minimum absolute atomic E-state index is 0.0565. The Morgan fingerprint density at radius 2 is 1.75 bits per heavy atom. The second-order valence-corrected chi connectivity index (χ2v) is 7.59. The summed E-state index contributed by atoms with van der Waals surface area (Å²) in [6, 6.07) is 13.1. The highest BCUT2D eigenvalue weighted by Gasteiger charge is 2.41. The molecule has 0 aromatic heterocycles. The Hall–Kier alpha value is -3.46. The van der Waals surface area contributed by atoms with Gasteiger partial charge in [-0.1, -0.05) is 12.1 Å². The number of likely N-dealkylation sites (N-methyl/N-ethyl adjacent to an activating group) is 1. The normalized spacial score (nSPS) is 15.7. The first-order valence-corrected chi connectivity index (χ1v) is 10.5. The average molecular weight is 456 g/mol. The van der Waals surface area contributed by atoms with Gasteiger partial charge in [-0.15, -0.1) is 0 Å². The lowest BCUT2D eigenvalue weighted by atomic mass is 10.1. The zero-order valence-electron chi connectivity index (χ0n) is 18.2. The van der Waals surface area contributed by atoms with Gasteiger partial charge in [0.2, 0.25) is 5.91 Å². The summed E-state index contributed by atoms with van der Waals surface area (Å²) < 4.78 is 10.1. The lowest BCUT2D eigenvalue weighted by Gasteiger charge is -2.23. The molecular weight excluding hydrogens is 430 g/mol. The average Bonchev–Trinajstić information content (AvgIpc) is 2.98. The summed E-state index contributed by atoms with van der Waals surface area (Å²) in [5.41, 5.74) is 1.86. The first kappa shape index (κ1) is 23.2. The van der Waals surface area contributed by atoms with Gasteiger partial charge >= 0.3 is 5.97 Å². The molecule has 0 spiro atoms. The molecule has 0 bridgehead atoms. The Morgan fingerprint density at radius 3 is 2.34 bits per heavy atom. The highest BCUT2D eigenvalue weighted by atomic mass is 32.1. The fourth-order valence-corrected chi connectivity index (χ4v) is 3.65. The van der Waals surface area contributed by atoms with Gasteiger partial charge in [0.15, 0.2) is 5.11 Å². The number of benzene rings is 2. The van der Waals surface area contributed by atoms with Crippen molar-refractivity contribution in [1.29, 1.82) is 0 Å². The molecule has 1 heterocycles. The van der Waals surface area contributed by atoms with Crippen LogP contribution in [0.2, 0.25) is 0 Å². The number of nitrogens with zero attached hydrogens (tertiary/aromatic N) is 2. The molecule has 0 saturated carbocycles. The van der Waals surface area contributed by atoms with Crippen LogP contribution < -0.4 is 10.1 Å². The monoisotopic (exact) mass is 455 g/mol. The number of esters is 1. The Kier molecular flexibility index (Phi) is 7.42. The van der Waals surface area contributed by atoms with Crippen molar-refractivity contribution in [3.63, 3.8) is 0 Å². The van der Waals surface area contributed by atoms with E-state index in [0.29, 0.717) is 22.9 Å². The van der Waals surface area contributed by atoms with E-state index in [1.54, 1.807) is 50.2 Å². The number of ether oxygens (including phenoxy) is 2. The van der Waals surface area contributed by atoms with E-state index in [4.69, 9.17) is 21.7 Å². The van der Waals surface area contributed by atoms with E-state index in [2.05, 4.69) is 5.32 Å². The number of thiocarbonyl (C=S) groups is 1. The van der Waals surface area contributed by atoms with Gasteiger partial charge < -0.3 is 19.7 Å². The molecular formula is C23H25N3O5S. The summed E-state index contributed by atoms with van der Waals surface area (Å²) in [4.78, 5) is 40.3. The SMILES string of the molecule is CCOC(=O)c1ccc(NC(=O)CC2C(=O)N(C)C(=S)N2Cc2ccc(OC)cc2)cc1. The molecule has 0 aliphatic carbocycles. The highest BCUT2D eigenvalue weighted by molar-refractivity contribution is 7.80. The fraction of sp³-hybridized carbons (Fsp3) is 0.304. The van der Waals surface area contributed by atoms with Crippen molar-refractivity contribution in [3.8, 4) is 5.75 Å². The van der Waals surface area contributed by atoms with Gasteiger partial charge in [0.1, 0.15) is 11.8 Å². The number of carbonyl (C=O) groups excluding carboxylic acids is 3. The summed E-state index contributed by atoms with van der Waals surface area (Å²) in [5, 5.41) is 3.15. The Balaban J connectivity index is 1.67. The first-order chi connectivity index (χ1) is 15.3. The quantitative estimate of drug-likeness (QED) is 0.484. The second-order valence-electron chi connectivity index (χ2n) is 7.22. The molecule has 1 N–H and O–H groups in total. The zero-order valence-corrected chi connectivity index (χ0v) is 19.0. The van der Waals surface area contributed by atoms with Gasteiger partial charge in [-0.3, -0.25) is 14.5 Å². The zero-order chi connectivity index (χ0) is 23.3. The standard InChI is InChI=1S/C23H25N3O5S/c1-4-31-22(29)16-7-9-17(10-8-16)24-20(27)13-19-21(28)25(2)23(32)26(19)14-15-5-11-18(30-3)12-6-15/h5-12,19H,4,13-14H2,1-3H3,(H,24,27). The smallest absolute Gasteiger partial charge is 0.338 e. The summed E-state index contributed by atoms with van der Waals surface area (Å²) in [6.07, 6.45) is -0.0565. The van der Waals surface area contributed by atoms with E-state index in [9.17, 15) is 14.4 Å². The Morgan fingerprint density at radius 1 is 1.09 bits per heavy atom. The number of amides is 2. The third-order valence-electron chi connectivity index (χ3n) is 5.10. The number of rotatable bonds is 8. The van der Waals surface area contributed by atoms with Gasteiger partial charge in [-0.25, -0.2) is 4.79 Å². The molecule has 1 aliphatic rings. The van der Waals surface area contributed by atoms with Crippen LogP contribution in [0.3, 0.4) is 0 Å². The molecule has 0 radical (unpaired) electrons. The van der Waals surface area contributed by atoms with Crippen molar-refractivity contribution >= 4 is 40.8 Å². The van der Waals surface area contributed by atoms with Gasteiger partial charge in [-0.05, 0) is 61.1 Å². The van der Waals surface area contributed by atoms with Crippen LogP contribution in [0.5, 0.6) is 5.75 Å². The number of anilines is 1. The Bertz CT molecular complexity index is 1010. The van der Waals surface area contributed by atoms with E-state index < -0.39 is 12.0 Å². The van der Waals surface area contributed by atoms with Crippen molar-refractivity contribution in [2.45, 2.75) is 25.9 Å². The fourth-order valence-electron chi connectivity index (χ4n) is 3.37. The molecule has 3 rings (SSSR count). The van der Waals surface area contributed by atoms with E-state index in [1.807, 2.05) is 24.3 Å². The number of methoxy groups -OCH3 is 1. The molecule has 168 valence electrons. The van der Waals surface area contributed by atoms with Crippen LogP contribution in [-0.2, 0) is 20.9 Å². The molecule has 8 nitrogen and oxygen atoms in total. The molecule has 1 saturated heterocycles. The van der Waals surface area contributed by atoms with Crippen LogP contribution in [0, 0.1) is 0 Å². The van der Waals surface area contributed by atoms with Crippen LogP contribution in [0.4, 0.5) is 5.69 Å². The van der Waals surface area contributed by atoms with Gasteiger partial charge in [0.25, 0.3) is 5.91 Å². The first-order valence-electron chi connectivity index (χ1n) is 10.1. The van der Waals surface area contributed by atoms with Gasteiger partial charge in [0, 0.05) is 19.3 Å². The third-order valence-corrected chi connectivity index (χ3v) is 5.60. The molecule has 1 fully saturated rings. The maximum absolute atomic E-state index is 12.7. The van der Waals surface area contributed by atoms with Crippen LogP contribution in [-0.4, -0.2) is 59.5 Å². The number of carbonyl (C=O) groups is 3. The van der Waals surface area contributed by atoms with Gasteiger partial charge in [-0.2, -0.15) is 0 Å². The Labute approximate surface area is 192 Å². The predicted octanol–water partition coefficient (Wildman–Crippen LogP) is 2.83. The van der Waals surface area contributed by atoms with Crippen molar-refractivity contribution in [2.24, 2.45) is 0 Å². The molecule has 1 aliphatic heterocycles. The maximum Gasteiger partial charge on any atom is 0.338 e. The molecule has 2 aromatic carbocycles. The predicted molar refractivity (Wildman–Crippen MR) is 123 cm³/mol. The molecule has 2 aromatic rings. The van der Waals surface area contributed by atoms with Crippen LogP contribution >= 0.6 is 12.2 Å². The van der Waals surface area contributed by atoms with Gasteiger partial charge in [0.05, 0.1) is 25.7 Å². The van der Waals surface area contributed by atoms with Crippen molar-refractivity contribution in [1.82, 2.24) is 9.80 Å². The molecule has 1 atom stereocenters. The molecule has 1 unspecified atom stereocenters. The number of hydrogen-bond acceptors (Lipinski definition) is 6. The van der Waals surface area contributed by atoms with E-state index >= 15 is 0 Å².